The second-order valence-electron chi connectivity index (χ2n) is 7.69. The Labute approximate surface area is 185 Å². The largest absolute Gasteiger partial charge is 0.311 e. The van der Waals surface area contributed by atoms with Crippen LogP contribution in [0.1, 0.15) is 56.6 Å². The van der Waals surface area contributed by atoms with E-state index in [-0.39, 0.29) is 0 Å². The predicted molar refractivity (Wildman–Crippen MR) is 123 cm³/mol. The second-order valence-corrected chi connectivity index (χ2v) is 8.95. The Hall–Kier alpha value is -1.59. The number of hydrogen-bond acceptors (Lipinski definition) is 2. The number of rotatable bonds is 5. The topological polar surface area (TPSA) is 21.1 Å². The van der Waals surface area contributed by atoms with Gasteiger partial charge in [-0.1, -0.05) is 37.6 Å². The minimum absolute atomic E-state index is 0.466. The third kappa shape index (κ3) is 3.68. The minimum atomic E-state index is -0.466. The molecule has 0 saturated carbocycles. The Morgan fingerprint density at radius 1 is 1.14 bits per heavy atom. The lowest BCUT2D eigenvalue weighted by Crippen LogP contribution is -2.20. The second kappa shape index (κ2) is 8.65. The number of aromatic nitrogens is 2. The van der Waals surface area contributed by atoms with Gasteiger partial charge in [0.2, 0.25) is 5.95 Å². The fourth-order valence-corrected chi connectivity index (χ4v) is 5.25. The highest BCUT2D eigenvalue weighted by Crippen LogP contribution is 2.40. The molecule has 1 aliphatic heterocycles. The molecule has 0 N–H and O–H groups in total. The van der Waals surface area contributed by atoms with Crippen molar-refractivity contribution in [1.29, 1.82) is 0 Å². The number of halogens is 3. The third-order valence-electron chi connectivity index (χ3n) is 5.99. The number of hydrogen-bond donors (Lipinski definition) is 0. The molecular weight excluding hydrogens is 453 g/mol. The zero-order chi connectivity index (χ0) is 20.5. The molecule has 4 rings (SSSR count). The predicted octanol–water partition coefficient (Wildman–Crippen LogP) is 7.76. The summed E-state index contributed by atoms with van der Waals surface area (Å²) in [6.45, 7) is 5.81. The molecule has 0 unspecified atom stereocenters. The molecule has 1 aromatic heterocycles. The summed E-state index contributed by atoms with van der Waals surface area (Å²) in [5.41, 5.74) is 5.07. The number of fused-ring (bicyclic) bond motifs is 3. The van der Waals surface area contributed by atoms with Crippen LogP contribution < -0.4 is 4.90 Å². The van der Waals surface area contributed by atoms with Crippen LogP contribution in [0.25, 0.3) is 11.0 Å². The molecule has 0 amide bonds. The van der Waals surface area contributed by atoms with Gasteiger partial charge in [-0.15, -0.1) is 0 Å². The fourth-order valence-electron chi connectivity index (χ4n) is 4.42. The molecule has 0 saturated heterocycles. The van der Waals surface area contributed by atoms with Gasteiger partial charge in [0, 0.05) is 17.6 Å². The monoisotopic (exact) mass is 477 g/mol. The van der Waals surface area contributed by atoms with Crippen molar-refractivity contribution in [2.45, 2.75) is 58.7 Å². The van der Waals surface area contributed by atoms with Crippen molar-refractivity contribution in [3.8, 4) is 0 Å². The van der Waals surface area contributed by atoms with E-state index in [0.29, 0.717) is 16.5 Å². The number of nitrogens with zero attached hydrogens (tertiary/aromatic N) is 3. The summed E-state index contributed by atoms with van der Waals surface area (Å²) < 4.78 is 16.3. The minimum Gasteiger partial charge on any atom is -0.311 e. The van der Waals surface area contributed by atoms with Gasteiger partial charge in [-0.3, -0.25) is 0 Å². The van der Waals surface area contributed by atoms with Crippen LogP contribution in [0.5, 0.6) is 0 Å². The third-order valence-corrected chi connectivity index (χ3v) is 6.93. The summed E-state index contributed by atoms with van der Waals surface area (Å²) in [6.07, 6.45) is 4.34. The molecule has 0 bridgehead atoms. The SMILES string of the molecule is CCC(CC)c1ccc(Cl)c2nc3n(c12)CCCCN3c1ccc(CF)cc1Br. The molecule has 3 aromatic rings. The molecule has 3 nitrogen and oxygen atoms in total. The Balaban J connectivity index is 1.93. The number of benzene rings is 2. The molecule has 0 aliphatic carbocycles. The molecule has 1 aliphatic rings. The Bertz CT molecular complexity index is 1030. The summed E-state index contributed by atoms with van der Waals surface area (Å²) in [6, 6.07) is 9.85. The summed E-state index contributed by atoms with van der Waals surface area (Å²) >= 11 is 10.2. The first kappa shape index (κ1) is 20.7. The van der Waals surface area contributed by atoms with Gasteiger partial charge in [0.05, 0.1) is 16.2 Å². The highest BCUT2D eigenvalue weighted by Gasteiger charge is 2.26. The van der Waals surface area contributed by atoms with E-state index >= 15 is 0 Å². The molecule has 154 valence electrons. The van der Waals surface area contributed by atoms with Crippen molar-refractivity contribution in [2.24, 2.45) is 0 Å². The molecule has 2 heterocycles. The Morgan fingerprint density at radius 2 is 1.90 bits per heavy atom. The molecule has 0 fully saturated rings. The molecule has 29 heavy (non-hydrogen) atoms. The van der Waals surface area contributed by atoms with Crippen LogP contribution in [0.3, 0.4) is 0 Å². The van der Waals surface area contributed by atoms with E-state index in [4.69, 9.17) is 16.6 Å². The fraction of sp³-hybridized carbons (Fsp3) is 0.435. The maximum atomic E-state index is 13.1. The standard InChI is InChI=1S/C23H26BrClFN3/c1-3-16(4-2)17-8-9-19(25)21-22(17)29-12-6-5-11-28(23(29)27-21)20-10-7-15(14-26)13-18(20)24/h7-10,13,16H,3-6,11-12,14H2,1-2H3. The van der Waals surface area contributed by atoms with Crippen LogP contribution in [0, 0.1) is 0 Å². The van der Waals surface area contributed by atoms with E-state index in [1.807, 2.05) is 24.3 Å². The Morgan fingerprint density at radius 3 is 2.59 bits per heavy atom. The zero-order valence-corrected chi connectivity index (χ0v) is 19.2. The van der Waals surface area contributed by atoms with Crippen molar-refractivity contribution >= 4 is 50.2 Å². The first-order valence-electron chi connectivity index (χ1n) is 10.4. The maximum absolute atomic E-state index is 13.1. The Kier molecular flexibility index (Phi) is 6.16. The van der Waals surface area contributed by atoms with E-state index in [1.54, 1.807) is 0 Å². The summed E-state index contributed by atoms with van der Waals surface area (Å²) in [4.78, 5) is 7.27. The molecule has 6 heteroatoms. The average molecular weight is 479 g/mol. The number of anilines is 2. The quantitative estimate of drug-likeness (QED) is 0.373. The van der Waals surface area contributed by atoms with Crippen LogP contribution in [0.2, 0.25) is 5.02 Å². The van der Waals surface area contributed by atoms with Crippen LogP contribution >= 0.6 is 27.5 Å². The van der Waals surface area contributed by atoms with Crippen molar-refractivity contribution in [1.82, 2.24) is 9.55 Å². The lowest BCUT2D eigenvalue weighted by molar-refractivity contribution is 0.485. The van der Waals surface area contributed by atoms with Crippen LogP contribution in [0.4, 0.5) is 16.0 Å². The summed E-state index contributed by atoms with van der Waals surface area (Å²) in [7, 11) is 0. The van der Waals surface area contributed by atoms with Gasteiger partial charge in [-0.2, -0.15) is 0 Å². The van der Waals surface area contributed by atoms with E-state index in [2.05, 4.69) is 45.3 Å². The van der Waals surface area contributed by atoms with Crippen LogP contribution in [-0.2, 0) is 13.2 Å². The number of imidazole rings is 1. The first-order valence-corrected chi connectivity index (χ1v) is 11.6. The van der Waals surface area contributed by atoms with Crippen LogP contribution in [-0.4, -0.2) is 16.1 Å². The highest BCUT2D eigenvalue weighted by atomic mass is 79.9. The van der Waals surface area contributed by atoms with Gasteiger partial charge in [0.25, 0.3) is 0 Å². The van der Waals surface area contributed by atoms with Gasteiger partial charge in [-0.05, 0) is 76.9 Å². The average Bonchev–Trinajstić information content (AvgIpc) is 2.99. The number of alkyl halides is 1. The van der Waals surface area contributed by atoms with Crippen molar-refractivity contribution in [3.63, 3.8) is 0 Å². The van der Waals surface area contributed by atoms with Gasteiger partial charge in [0.15, 0.2) is 0 Å². The lowest BCUT2D eigenvalue weighted by Gasteiger charge is -2.24. The number of aryl methyl sites for hydroxylation is 1. The molecule has 0 radical (unpaired) electrons. The van der Waals surface area contributed by atoms with Gasteiger partial charge in [-0.25, -0.2) is 9.37 Å². The van der Waals surface area contributed by atoms with Crippen LogP contribution in [0.15, 0.2) is 34.8 Å². The van der Waals surface area contributed by atoms with E-state index in [9.17, 15) is 4.39 Å². The van der Waals surface area contributed by atoms with Crippen molar-refractivity contribution in [2.75, 3.05) is 11.4 Å². The summed E-state index contributed by atoms with van der Waals surface area (Å²) in [5.74, 6) is 1.41. The van der Waals surface area contributed by atoms with Crippen molar-refractivity contribution < 1.29 is 4.39 Å². The lowest BCUT2D eigenvalue weighted by atomic mass is 9.93. The molecular formula is C23H26BrClFN3. The van der Waals surface area contributed by atoms with Crippen molar-refractivity contribution in [3.05, 3.63) is 51.0 Å². The molecule has 0 atom stereocenters. The highest BCUT2D eigenvalue weighted by molar-refractivity contribution is 9.10. The summed E-state index contributed by atoms with van der Waals surface area (Å²) in [5, 5.41) is 0.696. The normalized spacial score (nSPS) is 14.5. The van der Waals surface area contributed by atoms with Gasteiger partial charge >= 0.3 is 0 Å². The molecule has 0 spiro atoms. The van der Waals surface area contributed by atoms with E-state index in [1.165, 1.54) is 11.1 Å². The van der Waals surface area contributed by atoms with E-state index < -0.39 is 6.67 Å². The zero-order valence-electron chi connectivity index (χ0n) is 16.9. The molecule has 2 aromatic carbocycles. The van der Waals surface area contributed by atoms with Gasteiger partial charge < -0.3 is 9.47 Å². The van der Waals surface area contributed by atoms with Gasteiger partial charge in [0.1, 0.15) is 12.2 Å². The van der Waals surface area contributed by atoms with E-state index in [0.717, 1.165) is 60.4 Å². The smallest absolute Gasteiger partial charge is 0.211 e. The maximum Gasteiger partial charge on any atom is 0.211 e. The first-order chi connectivity index (χ1) is 14.1.